The Balaban J connectivity index is 4.52. The van der Waals surface area contributed by atoms with Crippen LogP contribution in [0.25, 0.3) is 0 Å². The van der Waals surface area contributed by atoms with Crippen molar-refractivity contribution in [2.24, 2.45) is 0 Å². The van der Waals surface area contributed by atoms with E-state index in [2.05, 4.69) is 106 Å². The number of hydrogen-bond acceptors (Lipinski definition) is 6. The Morgan fingerprint density at radius 3 is 1.04 bits per heavy atom. The van der Waals surface area contributed by atoms with Crippen LogP contribution in [0.15, 0.2) is 97.2 Å². The van der Waals surface area contributed by atoms with Gasteiger partial charge in [-0.05, 0) is 77.0 Å². The van der Waals surface area contributed by atoms with Gasteiger partial charge in [0.05, 0.1) is 0 Å². The van der Waals surface area contributed by atoms with Crippen molar-refractivity contribution >= 4 is 17.9 Å². The van der Waals surface area contributed by atoms with Crippen molar-refractivity contribution < 1.29 is 28.6 Å². The summed E-state index contributed by atoms with van der Waals surface area (Å²) in [6, 6.07) is 0. The highest BCUT2D eigenvalue weighted by molar-refractivity contribution is 5.71. The van der Waals surface area contributed by atoms with Crippen LogP contribution in [-0.4, -0.2) is 37.2 Å². The molecule has 68 heavy (non-hydrogen) atoms. The molecule has 0 rings (SSSR count). The Bertz CT molecular complexity index is 1360. The molecule has 388 valence electrons. The van der Waals surface area contributed by atoms with Crippen molar-refractivity contribution in [3.05, 3.63) is 97.2 Å². The van der Waals surface area contributed by atoms with Gasteiger partial charge in [0.2, 0.25) is 0 Å². The summed E-state index contributed by atoms with van der Waals surface area (Å²) in [5, 5.41) is 0. The zero-order chi connectivity index (χ0) is 49.3. The van der Waals surface area contributed by atoms with E-state index >= 15 is 0 Å². The van der Waals surface area contributed by atoms with Crippen LogP contribution in [0.5, 0.6) is 0 Å². The SMILES string of the molecule is CC/C=C\C/C=C\C/C=C\C/C=C\C/C=C\CCC(=O)OC(COC(=O)CCCCCCC\C=C/C=C\C=C/CCCCCCC)COC(=O)CCCCCCCCCCCCCCCCCC. The molecule has 0 saturated carbocycles. The normalized spacial score (nSPS) is 12.8. The van der Waals surface area contributed by atoms with Crippen LogP contribution < -0.4 is 0 Å². The highest BCUT2D eigenvalue weighted by Gasteiger charge is 2.19. The van der Waals surface area contributed by atoms with Crippen LogP contribution in [0.2, 0.25) is 0 Å². The molecule has 0 N–H and O–H groups in total. The highest BCUT2D eigenvalue weighted by atomic mass is 16.6. The van der Waals surface area contributed by atoms with Crippen molar-refractivity contribution in [1.29, 1.82) is 0 Å². The Labute approximate surface area is 419 Å². The average molecular weight is 946 g/mol. The predicted molar refractivity (Wildman–Crippen MR) is 293 cm³/mol. The first kappa shape index (κ1) is 64.3. The van der Waals surface area contributed by atoms with Crippen molar-refractivity contribution in [2.75, 3.05) is 13.2 Å². The van der Waals surface area contributed by atoms with E-state index in [9.17, 15) is 14.4 Å². The van der Waals surface area contributed by atoms with Gasteiger partial charge in [-0.3, -0.25) is 14.4 Å². The maximum absolute atomic E-state index is 12.8. The van der Waals surface area contributed by atoms with Gasteiger partial charge in [0, 0.05) is 19.3 Å². The van der Waals surface area contributed by atoms with Crippen molar-refractivity contribution in [3.63, 3.8) is 0 Å². The summed E-state index contributed by atoms with van der Waals surface area (Å²) in [7, 11) is 0. The van der Waals surface area contributed by atoms with E-state index in [-0.39, 0.29) is 31.6 Å². The molecular formula is C62H104O6. The second kappa shape index (κ2) is 55.9. The highest BCUT2D eigenvalue weighted by Crippen LogP contribution is 2.15. The number of unbranched alkanes of at least 4 members (excludes halogenated alkanes) is 25. The molecular weight excluding hydrogens is 841 g/mol. The maximum Gasteiger partial charge on any atom is 0.306 e. The number of rotatable bonds is 50. The molecule has 0 spiro atoms. The molecule has 6 nitrogen and oxygen atoms in total. The van der Waals surface area contributed by atoms with Gasteiger partial charge in [-0.15, -0.1) is 0 Å². The zero-order valence-electron chi connectivity index (χ0n) is 44.3. The van der Waals surface area contributed by atoms with Crippen LogP contribution in [0, 0.1) is 0 Å². The van der Waals surface area contributed by atoms with Crippen LogP contribution >= 0.6 is 0 Å². The summed E-state index contributed by atoms with van der Waals surface area (Å²) in [5.41, 5.74) is 0. The summed E-state index contributed by atoms with van der Waals surface area (Å²) in [5.74, 6) is -1.01. The molecule has 0 saturated heterocycles. The van der Waals surface area contributed by atoms with Gasteiger partial charge in [-0.25, -0.2) is 0 Å². The maximum atomic E-state index is 12.8. The molecule has 0 aliphatic heterocycles. The second-order valence-electron chi connectivity index (χ2n) is 18.5. The fourth-order valence-electron chi connectivity index (χ4n) is 7.67. The monoisotopic (exact) mass is 945 g/mol. The molecule has 0 bridgehead atoms. The number of hydrogen-bond donors (Lipinski definition) is 0. The smallest absolute Gasteiger partial charge is 0.306 e. The van der Waals surface area contributed by atoms with Crippen LogP contribution in [-0.2, 0) is 28.6 Å². The Morgan fingerprint density at radius 1 is 0.324 bits per heavy atom. The van der Waals surface area contributed by atoms with Gasteiger partial charge >= 0.3 is 17.9 Å². The van der Waals surface area contributed by atoms with Gasteiger partial charge in [0.25, 0.3) is 0 Å². The summed E-state index contributed by atoms with van der Waals surface area (Å²) >= 11 is 0. The van der Waals surface area contributed by atoms with Gasteiger partial charge in [0.1, 0.15) is 13.2 Å². The van der Waals surface area contributed by atoms with Crippen LogP contribution in [0.3, 0.4) is 0 Å². The minimum atomic E-state index is -0.825. The van der Waals surface area contributed by atoms with Gasteiger partial charge in [-0.1, -0.05) is 259 Å². The first-order valence-electron chi connectivity index (χ1n) is 28.3. The van der Waals surface area contributed by atoms with Gasteiger partial charge in [0.15, 0.2) is 6.10 Å². The lowest BCUT2D eigenvalue weighted by molar-refractivity contribution is -0.166. The lowest BCUT2D eigenvalue weighted by Gasteiger charge is -2.18. The van der Waals surface area contributed by atoms with Crippen LogP contribution in [0.1, 0.15) is 258 Å². The van der Waals surface area contributed by atoms with Crippen molar-refractivity contribution in [3.8, 4) is 0 Å². The van der Waals surface area contributed by atoms with E-state index in [4.69, 9.17) is 14.2 Å². The molecule has 1 atom stereocenters. The summed E-state index contributed by atoms with van der Waals surface area (Å²) in [4.78, 5) is 38.1. The molecule has 0 aliphatic rings. The lowest BCUT2D eigenvalue weighted by atomic mass is 10.0. The molecule has 0 aromatic rings. The third-order valence-corrected chi connectivity index (χ3v) is 11.9. The van der Waals surface area contributed by atoms with Gasteiger partial charge < -0.3 is 14.2 Å². The molecule has 6 heteroatoms. The standard InChI is InChI=1S/C62H104O6/c1-4-7-10-13-16-19-22-25-28-31-32-35-37-40-43-46-49-52-55-61(64)67-58-59(68-62(65)56-53-50-47-44-41-38-34-30-27-24-21-18-15-12-9-6-3)57-66-60(63)54-51-48-45-42-39-36-33-29-26-23-20-17-14-11-8-5-2/h9,12,18,21-22,25,27-28,30-32,35,38,41,47,50,59H,4-8,10-11,13-17,19-20,23-24,26,29,33-34,36-37,39-40,42-46,48-49,51-58H2,1-3H3/b12-9-,21-18-,25-22-,30-27-,31-28-,35-32-,41-38-,50-47-. The summed E-state index contributed by atoms with van der Waals surface area (Å²) in [6.45, 7) is 6.44. The molecule has 0 aliphatic carbocycles. The van der Waals surface area contributed by atoms with Crippen molar-refractivity contribution in [2.45, 2.75) is 264 Å². The number of carbonyl (C=O) groups is 3. The first-order chi connectivity index (χ1) is 33.5. The molecule has 0 radical (unpaired) electrons. The minimum Gasteiger partial charge on any atom is -0.462 e. The fraction of sp³-hybridized carbons (Fsp3) is 0.694. The van der Waals surface area contributed by atoms with E-state index in [1.807, 2.05) is 12.2 Å². The van der Waals surface area contributed by atoms with Gasteiger partial charge in [-0.2, -0.15) is 0 Å². The van der Waals surface area contributed by atoms with Crippen molar-refractivity contribution in [1.82, 2.24) is 0 Å². The molecule has 0 aromatic heterocycles. The Hall–Kier alpha value is -3.67. The van der Waals surface area contributed by atoms with E-state index < -0.39 is 12.1 Å². The topological polar surface area (TPSA) is 78.9 Å². The van der Waals surface area contributed by atoms with E-state index in [0.717, 1.165) is 96.3 Å². The summed E-state index contributed by atoms with van der Waals surface area (Å²) in [6.07, 6.45) is 74.0. The second-order valence-corrected chi connectivity index (χ2v) is 18.5. The van der Waals surface area contributed by atoms with E-state index in [1.54, 1.807) is 0 Å². The third-order valence-electron chi connectivity index (χ3n) is 11.9. The van der Waals surface area contributed by atoms with Crippen LogP contribution in [0.4, 0.5) is 0 Å². The average Bonchev–Trinajstić information content (AvgIpc) is 3.34. The first-order valence-corrected chi connectivity index (χ1v) is 28.3. The van der Waals surface area contributed by atoms with E-state index in [1.165, 1.54) is 116 Å². The minimum absolute atomic E-state index is 0.113. The largest absolute Gasteiger partial charge is 0.462 e. The number of carbonyl (C=O) groups excluding carboxylic acids is 3. The quantitative estimate of drug-likeness (QED) is 0.0199. The molecule has 0 aromatic carbocycles. The number of allylic oxidation sites excluding steroid dienone is 16. The lowest BCUT2D eigenvalue weighted by Crippen LogP contribution is -2.30. The Kier molecular flexibility index (Phi) is 52.9. The fourth-order valence-corrected chi connectivity index (χ4v) is 7.67. The number of ether oxygens (including phenoxy) is 3. The molecule has 0 amide bonds. The number of esters is 3. The summed E-state index contributed by atoms with van der Waals surface area (Å²) < 4.78 is 16.8. The zero-order valence-corrected chi connectivity index (χ0v) is 44.3. The molecule has 0 heterocycles. The third kappa shape index (κ3) is 53.3. The molecule has 1 unspecified atom stereocenters. The Morgan fingerprint density at radius 2 is 0.662 bits per heavy atom. The molecule has 0 fully saturated rings. The van der Waals surface area contributed by atoms with E-state index in [0.29, 0.717) is 19.3 Å². The predicted octanol–water partition coefficient (Wildman–Crippen LogP) is 18.9.